The van der Waals surface area contributed by atoms with Crippen LogP contribution in [0.15, 0.2) is 4.99 Å². The van der Waals surface area contributed by atoms with Crippen LogP contribution in [0.4, 0.5) is 0 Å². The van der Waals surface area contributed by atoms with Gasteiger partial charge in [-0.25, -0.2) is 8.42 Å². The van der Waals surface area contributed by atoms with Crippen LogP contribution in [0.5, 0.6) is 0 Å². The van der Waals surface area contributed by atoms with E-state index in [1.54, 1.807) is 0 Å². The molecule has 4 aliphatic rings. The van der Waals surface area contributed by atoms with Crippen molar-refractivity contribution in [3.8, 4) is 0 Å². The summed E-state index contributed by atoms with van der Waals surface area (Å²) < 4.78 is 24.1. The topological polar surface area (TPSA) is 66.8 Å². The maximum Gasteiger partial charge on any atom is 0.250 e. The molecule has 2 heterocycles. The van der Waals surface area contributed by atoms with E-state index in [0.29, 0.717) is 12.0 Å². The quantitative estimate of drug-likeness (QED) is 0.756. The molecule has 2 aliphatic carbocycles. The van der Waals surface area contributed by atoms with Gasteiger partial charge in [0.1, 0.15) is 0 Å². The highest BCUT2D eigenvalue weighted by molar-refractivity contribution is 8.15. The number of sulfone groups is 1. The lowest BCUT2D eigenvalue weighted by atomic mass is 9.93. The summed E-state index contributed by atoms with van der Waals surface area (Å²) >= 11 is 1.53. The Labute approximate surface area is 142 Å². The van der Waals surface area contributed by atoms with Crippen LogP contribution in [0.2, 0.25) is 0 Å². The first kappa shape index (κ1) is 15.9. The molecule has 2 bridgehead atoms. The minimum Gasteiger partial charge on any atom is -0.343 e. The van der Waals surface area contributed by atoms with Gasteiger partial charge in [-0.3, -0.25) is 4.79 Å². The van der Waals surface area contributed by atoms with Crippen molar-refractivity contribution in [1.29, 1.82) is 0 Å². The van der Waals surface area contributed by atoms with E-state index in [1.807, 2.05) is 13.8 Å². The monoisotopic (exact) mass is 356 g/mol. The Kier molecular flexibility index (Phi) is 3.80. The van der Waals surface area contributed by atoms with Gasteiger partial charge in [0.05, 0.1) is 17.5 Å². The molecule has 4 fully saturated rings. The largest absolute Gasteiger partial charge is 0.343 e. The number of hydrogen-bond acceptors (Lipinski definition) is 4. The minimum absolute atomic E-state index is 0.0214. The number of carbonyl (C=O) groups excluding carboxylic acids is 1. The minimum atomic E-state index is -2.95. The Morgan fingerprint density at radius 2 is 2.00 bits per heavy atom. The molecule has 5 nitrogen and oxygen atoms in total. The molecule has 0 N–H and O–H groups in total. The second-order valence-corrected chi connectivity index (χ2v) is 11.2. The standard InChI is InChI=1S/C16H24N2O3S2/c1-9(2)15(19)17-16-18(12-6-10-3-4-11(12)5-10)13-7-23(20,21)8-14(13)22-16/h9-14H,3-8H2,1-2H3/t10-,11-,12+,13+,14+/m0/s1. The molecule has 0 aromatic heterocycles. The summed E-state index contributed by atoms with van der Waals surface area (Å²) in [5, 5.41) is 0.851. The van der Waals surface area contributed by atoms with Gasteiger partial charge < -0.3 is 4.90 Å². The number of nitrogens with zero attached hydrogens (tertiary/aromatic N) is 2. The van der Waals surface area contributed by atoms with Gasteiger partial charge >= 0.3 is 0 Å². The molecule has 0 spiro atoms. The molecule has 7 heteroatoms. The fourth-order valence-corrected chi connectivity index (χ4v) is 8.73. The zero-order valence-corrected chi connectivity index (χ0v) is 15.3. The average molecular weight is 357 g/mol. The molecule has 0 aromatic carbocycles. The summed E-state index contributed by atoms with van der Waals surface area (Å²) in [5.41, 5.74) is 0. The van der Waals surface area contributed by atoms with E-state index in [0.717, 1.165) is 17.5 Å². The van der Waals surface area contributed by atoms with Crippen LogP contribution < -0.4 is 0 Å². The highest BCUT2D eigenvalue weighted by Gasteiger charge is 2.54. The van der Waals surface area contributed by atoms with Gasteiger partial charge in [-0.15, -0.1) is 0 Å². The molecule has 5 atom stereocenters. The van der Waals surface area contributed by atoms with Crippen LogP contribution in [0, 0.1) is 17.8 Å². The predicted octanol–water partition coefficient (Wildman–Crippen LogP) is 1.93. The number of carbonyl (C=O) groups is 1. The van der Waals surface area contributed by atoms with Gasteiger partial charge in [0.25, 0.3) is 5.91 Å². The maximum atomic E-state index is 12.1. The first-order chi connectivity index (χ1) is 10.8. The van der Waals surface area contributed by atoms with Crippen molar-refractivity contribution in [3.05, 3.63) is 0 Å². The predicted molar refractivity (Wildman–Crippen MR) is 92.2 cm³/mol. The van der Waals surface area contributed by atoms with Crippen molar-refractivity contribution in [2.75, 3.05) is 11.5 Å². The third kappa shape index (κ3) is 2.73. The maximum absolute atomic E-state index is 12.1. The average Bonchev–Trinajstić information content (AvgIpc) is 3.17. The smallest absolute Gasteiger partial charge is 0.250 e. The van der Waals surface area contributed by atoms with Gasteiger partial charge in [0.2, 0.25) is 0 Å². The second-order valence-electron chi connectivity index (χ2n) is 7.84. The number of rotatable bonds is 2. The number of thioether (sulfide) groups is 1. The molecule has 23 heavy (non-hydrogen) atoms. The summed E-state index contributed by atoms with van der Waals surface area (Å²) in [6.45, 7) is 3.72. The van der Waals surface area contributed by atoms with E-state index in [9.17, 15) is 13.2 Å². The molecule has 2 saturated carbocycles. The van der Waals surface area contributed by atoms with E-state index in [1.165, 1.54) is 31.0 Å². The fraction of sp³-hybridized carbons (Fsp3) is 0.875. The summed E-state index contributed by atoms with van der Waals surface area (Å²) in [6, 6.07) is 0.413. The van der Waals surface area contributed by atoms with Crippen molar-refractivity contribution in [3.63, 3.8) is 0 Å². The normalized spacial score (nSPS) is 42.8. The molecule has 0 radical (unpaired) electrons. The molecular weight excluding hydrogens is 332 g/mol. The third-order valence-corrected chi connectivity index (χ3v) is 9.09. The highest BCUT2D eigenvalue weighted by Crippen LogP contribution is 2.51. The zero-order valence-electron chi connectivity index (χ0n) is 13.6. The van der Waals surface area contributed by atoms with Gasteiger partial charge in [0, 0.05) is 17.2 Å². The Balaban J connectivity index is 1.66. The molecular formula is C16H24N2O3S2. The zero-order chi connectivity index (χ0) is 16.4. The highest BCUT2D eigenvalue weighted by atomic mass is 32.2. The van der Waals surface area contributed by atoms with E-state index in [4.69, 9.17) is 0 Å². The van der Waals surface area contributed by atoms with Crippen molar-refractivity contribution in [2.45, 2.75) is 56.9 Å². The molecule has 0 aromatic rings. The number of amides is 1. The van der Waals surface area contributed by atoms with Crippen LogP contribution in [0.3, 0.4) is 0 Å². The summed E-state index contributed by atoms with van der Waals surface area (Å²) in [5.74, 6) is 1.69. The summed E-state index contributed by atoms with van der Waals surface area (Å²) in [7, 11) is -2.95. The molecule has 0 unspecified atom stereocenters. The molecule has 4 rings (SSSR count). The fourth-order valence-electron chi connectivity index (χ4n) is 4.75. The van der Waals surface area contributed by atoms with Gasteiger partial charge in [-0.1, -0.05) is 32.0 Å². The van der Waals surface area contributed by atoms with Crippen LogP contribution in [-0.4, -0.2) is 53.2 Å². The van der Waals surface area contributed by atoms with E-state index in [-0.39, 0.29) is 34.6 Å². The summed E-state index contributed by atoms with van der Waals surface area (Å²) in [6.07, 6.45) is 4.96. The molecule has 2 saturated heterocycles. The van der Waals surface area contributed by atoms with Crippen LogP contribution in [-0.2, 0) is 14.6 Å². The molecule has 128 valence electrons. The SMILES string of the molecule is CC(C)C(=O)N=C1S[C@@H]2CS(=O)(=O)C[C@H]2N1[C@@H]1C[C@H]2CC[C@H]1C2. The first-order valence-electron chi connectivity index (χ1n) is 8.62. The van der Waals surface area contributed by atoms with Crippen LogP contribution in [0.1, 0.15) is 39.5 Å². The molecule has 1 amide bonds. The van der Waals surface area contributed by atoms with Gasteiger partial charge in [-0.05, 0) is 31.1 Å². The Morgan fingerprint density at radius 3 is 2.61 bits per heavy atom. The Hall–Kier alpha value is -0.560. The van der Waals surface area contributed by atoms with Gasteiger partial charge in [-0.2, -0.15) is 4.99 Å². The lowest BCUT2D eigenvalue weighted by Gasteiger charge is -2.36. The Morgan fingerprint density at radius 1 is 1.22 bits per heavy atom. The van der Waals surface area contributed by atoms with E-state index in [2.05, 4.69) is 9.89 Å². The number of hydrogen-bond donors (Lipinski definition) is 0. The van der Waals surface area contributed by atoms with Crippen LogP contribution in [0.25, 0.3) is 0 Å². The van der Waals surface area contributed by atoms with E-state index < -0.39 is 9.84 Å². The Bertz CT molecular complexity index is 658. The van der Waals surface area contributed by atoms with Crippen molar-refractivity contribution in [1.82, 2.24) is 4.90 Å². The first-order valence-corrected chi connectivity index (χ1v) is 11.3. The second kappa shape index (κ2) is 5.48. The van der Waals surface area contributed by atoms with Gasteiger partial charge in [0.15, 0.2) is 15.0 Å². The van der Waals surface area contributed by atoms with Crippen LogP contribution >= 0.6 is 11.8 Å². The van der Waals surface area contributed by atoms with Crippen molar-refractivity contribution >= 4 is 32.7 Å². The number of fused-ring (bicyclic) bond motifs is 3. The third-order valence-electron chi connectivity index (χ3n) is 5.86. The lowest BCUT2D eigenvalue weighted by molar-refractivity contribution is -0.120. The van der Waals surface area contributed by atoms with Crippen molar-refractivity contribution < 1.29 is 13.2 Å². The number of amidine groups is 1. The van der Waals surface area contributed by atoms with Crippen molar-refractivity contribution in [2.24, 2.45) is 22.7 Å². The lowest BCUT2D eigenvalue weighted by Crippen LogP contribution is -2.47. The van der Waals surface area contributed by atoms with E-state index >= 15 is 0 Å². The number of aliphatic imine (C=N–C) groups is 1. The molecule has 2 aliphatic heterocycles. The summed E-state index contributed by atoms with van der Waals surface area (Å²) in [4.78, 5) is 18.8.